The molecule has 1 fully saturated rings. The van der Waals surface area contributed by atoms with Crippen LogP contribution in [0, 0.1) is 0 Å². The normalized spacial score (nSPS) is 21.5. The van der Waals surface area contributed by atoms with Crippen LogP contribution in [0.1, 0.15) is 26.5 Å². The highest BCUT2D eigenvalue weighted by atomic mass is 19.3. The van der Waals surface area contributed by atoms with Gasteiger partial charge in [0, 0.05) is 12.1 Å². The smallest absolute Gasteiger partial charge is 0.417 e. The fourth-order valence-electron chi connectivity index (χ4n) is 3.05. The number of oxazole rings is 1. The zero-order chi connectivity index (χ0) is 22.3. The Hall–Kier alpha value is -3.22. The van der Waals surface area contributed by atoms with E-state index in [4.69, 9.17) is 9.15 Å². The van der Waals surface area contributed by atoms with E-state index < -0.39 is 41.9 Å². The van der Waals surface area contributed by atoms with E-state index in [2.05, 4.69) is 15.1 Å². The Morgan fingerprint density at radius 1 is 1.40 bits per heavy atom. The van der Waals surface area contributed by atoms with E-state index in [9.17, 15) is 28.3 Å². The van der Waals surface area contributed by atoms with Gasteiger partial charge in [-0.2, -0.15) is 18.7 Å². The second kappa shape index (κ2) is 7.55. The van der Waals surface area contributed by atoms with Crippen molar-refractivity contribution in [1.82, 2.24) is 20.3 Å². The number of urea groups is 1. The molecule has 0 aromatic carbocycles. The molecule has 0 aliphatic carbocycles. The molecule has 1 N–H and O–H groups in total. The first-order chi connectivity index (χ1) is 13.9. The number of hydrogen-bond acceptors (Lipinski definition) is 8. The Kier molecular flexibility index (Phi) is 5.41. The van der Waals surface area contributed by atoms with Crippen molar-refractivity contribution in [1.29, 1.82) is 0 Å². The highest BCUT2D eigenvalue weighted by molar-refractivity contribution is 5.85. The first-order valence-corrected chi connectivity index (χ1v) is 8.84. The summed E-state index contributed by atoms with van der Waals surface area (Å²) in [6.07, 6.45) is -1.54. The van der Waals surface area contributed by atoms with Crippen molar-refractivity contribution in [3.05, 3.63) is 24.4 Å². The highest BCUT2D eigenvalue weighted by Gasteiger charge is 2.51. The molecule has 0 radical (unpaired) electrons. The molecule has 2 aliphatic rings. The van der Waals surface area contributed by atoms with Gasteiger partial charge in [-0.1, -0.05) is 6.08 Å². The Balaban J connectivity index is 1.84. The van der Waals surface area contributed by atoms with Gasteiger partial charge in [-0.15, -0.1) is 0 Å². The van der Waals surface area contributed by atoms with Crippen LogP contribution >= 0.6 is 0 Å². The predicted molar refractivity (Wildman–Crippen MR) is 91.3 cm³/mol. The summed E-state index contributed by atoms with van der Waals surface area (Å²) in [7, 11) is 0. The molecular weight excluding hydrogens is 410 g/mol. The monoisotopic (exact) mass is 429 g/mol. The van der Waals surface area contributed by atoms with Crippen LogP contribution in [-0.4, -0.2) is 69.9 Å². The molecule has 2 bridgehead atoms. The van der Waals surface area contributed by atoms with Crippen molar-refractivity contribution in [2.75, 3.05) is 13.1 Å². The molecule has 0 spiro atoms. The third kappa shape index (κ3) is 4.35. The van der Waals surface area contributed by atoms with Crippen LogP contribution in [0.15, 0.2) is 23.1 Å². The van der Waals surface area contributed by atoms with E-state index in [0.717, 1.165) is 11.3 Å². The number of halogens is 2. The van der Waals surface area contributed by atoms with Crippen LogP contribution in [0.5, 0.6) is 0 Å². The molecule has 1 aromatic heterocycles. The molecule has 164 valence electrons. The van der Waals surface area contributed by atoms with Gasteiger partial charge in [0.1, 0.15) is 17.6 Å². The summed E-state index contributed by atoms with van der Waals surface area (Å²) in [5.74, 6) is -2.62. The summed E-state index contributed by atoms with van der Waals surface area (Å²) in [6, 6.07) is -2.87. The minimum Gasteiger partial charge on any atom is -0.542 e. The summed E-state index contributed by atoms with van der Waals surface area (Å²) >= 11 is 0. The second-order valence-corrected chi connectivity index (χ2v) is 7.61. The summed E-state index contributed by atoms with van der Waals surface area (Å²) in [4.78, 5) is 44.3. The second-order valence-electron chi connectivity index (χ2n) is 7.61. The van der Waals surface area contributed by atoms with Gasteiger partial charge in [0.15, 0.2) is 12.2 Å². The van der Waals surface area contributed by atoms with E-state index in [1.807, 2.05) is 0 Å². The number of nitrogens with zero attached hydrogens (tertiary/aromatic N) is 3. The molecule has 1 saturated heterocycles. The Morgan fingerprint density at radius 2 is 2.10 bits per heavy atom. The standard InChI is InChI=1S/C17H20F2N4O7/c1-16(2,3)29-14(26)21-5-9-4-10(12-6-20-8-28-12)11-7-22(9)15(27)23(11)30-17(18,19)13(24)25/h4,6,8-9,11H,5,7H2,1-3H3,(H,21,26)(H,24,25)/p-1/t9-,11+/m1/s1. The molecule has 0 unspecified atom stereocenters. The average Bonchev–Trinajstić information content (AvgIpc) is 3.23. The Morgan fingerprint density at radius 3 is 2.67 bits per heavy atom. The summed E-state index contributed by atoms with van der Waals surface area (Å²) in [5.41, 5.74) is -0.479. The molecule has 3 amide bonds. The average molecular weight is 429 g/mol. The van der Waals surface area contributed by atoms with Gasteiger partial charge in [-0.25, -0.2) is 14.6 Å². The molecule has 2 aliphatic heterocycles. The van der Waals surface area contributed by atoms with E-state index in [1.54, 1.807) is 20.8 Å². The fourth-order valence-corrected chi connectivity index (χ4v) is 3.05. The molecule has 0 saturated carbocycles. The minimum atomic E-state index is -4.73. The molecule has 13 heteroatoms. The summed E-state index contributed by atoms with van der Waals surface area (Å²) in [5, 5.41) is 13.4. The lowest BCUT2D eigenvalue weighted by Gasteiger charge is -2.29. The van der Waals surface area contributed by atoms with E-state index in [0.29, 0.717) is 0 Å². The number of fused-ring (bicyclic) bond motifs is 2. The fraction of sp³-hybridized carbons (Fsp3) is 0.529. The van der Waals surface area contributed by atoms with Gasteiger partial charge in [0.05, 0.1) is 18.8 Å². The predicted octanol–water partition coefficient (Wildman–Crippen LogP) is 0.345. The van der Waals surface area contributed by atoms with Crippen LogP contribution in [-0.2, 0) is 14.4 Å². The van der Waals surface area contributed by atoms with Crippen LogP contribution in [0.4, 0.5) is 18.4 Å². The summed E-state index contributed by atoms with van der Waals surface area (Å²) < 4.78 is 37.5. The third-order valence-electron chi connectivity index (χ3n) is 4.24. The molecule has 1 aromatic rings. The quantitative estimate of drug-likeness (QED) is 0.684. The Labute approximate surface area is 169 Å². The van der Waals surface area contributed by atoms with Crippen molar-refractivity contribution in [2.45, 2.75) is 44.6 Å². The largest absolute Gasteiger partial charge is 0.542 e. The maximum atomic E-state index is 13.6. The van der Waals surface area contributed by atoms with Crippen LogP contribution in [0.3, 0.4) is 0 Å². The summed E-state index contributed by atoms with van der Waals surface area (Å²) in [6.45, 7) is 4.81. The van der Waals surface area contributed by atoms with Crippen molar-refractivity contribution in [2.24, 2.45) is 0 Å². The van der Waals surface area contributed by atoms with Gasteiger partial charge in [0.25, 0.3) is 0 Å². The number of ether oxygens (including phenoxy) is 1. The maximum absolute atomic E-state index is 13.6. The van der Waals surface area contributed by atoms with Crippen LogP contribution in [0.25, 0.3) is 5.57 Å². The molecule has 2 atom stereocenters. The van der Waals surface area contributed by atoms with E-state index >= 15 is 0 Å². The van der Waals surface area contributed by atoms with Crippen molar-refractivity contribution in [3.8, 4) is 0 Å². The zero-order valence-electron chi connectivity index (χ0n) is 16.3. The maximum Gasteiger partial charge on any atom is 0.417 e. The van der Waals surface area contributed by atoms with Crippen LogP contribution < -0.4 is 10.4 Å². The molecule has 3 heterocycles. The lowest BCUT2D eigenvalue weighted by Crippen LogP contribution is -2.50. The number of aliphatic carboxylic acids is 1. The van der Waals surface area contributed by atoms with Gasteiger partial charge in [0.2, 0.25) is 0 Å². The van der Waals surface area contributed by atoms with Gasteiger partial charge >= 0.3 is 18.2 Å². The number of carboxylic acids is 1. The van der Waals surface area contributed by atoms with Crippen molar-refractivity contribution < 1.29 is 42.3 Å². The van der Waals surface area contributed by atoms with E-state index in [1.165, 1.54) is 12.3 Å². The number of alkyl carbamates (subject to hydrolysis) is 1. The number of amides is 3. The molecule has 3 rings (SSSR count). The first-order valence-electron chi connectivity index (χ1n) is 8.84. The third-order valence-corrected chi connectivity index (χ3v) is 4.24. The van der Waals surface area contributed by atoms with Crippen molar-refractivity contribution in [3.63, 3.8) is 0 Å². The highest BCUT2D eigenvalue weighted by Crippen LogP contribution is 2.37. The topological polar surface area (TPSA) is 137 Å². The molecule has 11 nitrogen and oxygen atoms in total. The number of aromatic nitrogens is 1. The number of carbonyl (C=O) groups is 3. The number of rotatable bonds is 6. The number of carboxylic acid groups (broad SMARTS) is 1. The number of nitrogens with one attached hydrogen (secondary N) is 1. The number of alkyl halides is 2. The minimum absolute atomic E-state index is 0.101. The van der Waals surface area contributed by atoms with E-state index in [-0.39, 0.29) is 29.5 Å². The lowest BCUT2D eigenvalue weighted by molar-refractivity contribution is -0.392. The lowest BCUT2D eigenvalue weighted by atomic mass is 9.98. The SMILES string of the molecule is CC(C)(C)OC(=O)NC[C@H]1C=C(c2cnco2)[C@@H]2CN1C(=O)N2OC(F)(F)C(=O)[O-]. The van der Waals surface area contributed by atoms with Gasteiger partial charge in [-0.05, 0) is 20.8 Å². The zero-order valence-corrected chi connectivity index (χ0v) is 16.3. The van der Waals surface area contributed by atoms with Gasteiger partial charge < -0.3 is 29.3 Å². The molecular formula is C17H19F2N4O7-. The first kappa shape index (κ1) is 21.5. The van der Waals surface area contributed by atoms with Crippen LogP contribution in [0.2, 0.25) is 0 Å². The number of carbonyl (C=O) groups excluding carboxylic acids is 3. The van der Waals surface area contributed by atoms with Crippen molar-refractivity contribution >= 4 is 23.7 Å². The number of hydroxylamine groups is 2. The number of hydrogen-bond donors (Lipinski definition) is 1. The molecule has 30 heavy (non-hydrogen) atoms. The van der Waals surface area contributed by atoms with Gasteiger partial charge in [-0.3, -0.25) is 0 Å². The Bertz CT molecular complexity index is 866.